The Hall–Kier alpha value is -2.30. The number of nitrogens with zero attached hydrogens (tertiary/aromatic N) is 4. The van der Waals surface area contributed by atoms with Crippen molar-refractivity contribution >= 4 is 22.5 Å². The molecule has 0 spiro atoms. The molecule has 0 saturated carbocycles. The van der Waals surface area contributed by atoms with Gasteiger partial charge in [0.15, 0.2) is 5.13 Å². The van der Waals surface area contributed by atoms with Crippen LogP contribution in [0.25, 0.3) is 27.8 Å². The Morgan fingerprint density at radius 2 is 2.16 bits per heavy atom. The zero-order valence-corrected chi connectivity index (χ0v) is 11.0. The Labute approximate surface area is 115 Å². The van der Waals surface area contributed by atoms with Crippen LogP contribution in [0.1, 0.15) is 12.0 Å². The molecule has 0 bridgehead atoms. The lowest BCUT2D eigenvalue weighted by molar-refractivity contribution is 0.996. The number of aromatic nitrogens is 1. The third-order valence-electron chi connectivity index (χ3n) is 2.50. The van der Waals surface area contributed by atoms with Gasteiger partial charge in [-0.3, -0.25) is 0 Å². The fourth-order valence-corrected chi connectivity index (χ4v) is 2.15. The van der Waals surface area contributed by atoms with Gasteiger partial charge in [0.05, 0.1) is 5.69 Å². The van der Waals surface area contributed by atoms with E-state index in [1.165, 1.54) is 11.3 Å². The normalized spacial score (nSPS) is 10.5. The summed E-state index contributed by atoms with van der Waals surface area (Å²) in [6.07, 6.45) is 4.74. The Morgan fingerprint density at radius 3 is 2.79 bits per heavy atom. The summed E-state index contributed by atoms with van der Waals surface area (Å²) in [5.41, 5.74) is 16.8. The standard InChI is InChI=1S/C13H13N5S/c14-13-17-12(9-19-13)11-6-4-10(5-7-11)3-1-2-8-16-18-15/h1,3-7,9H,2,8H2,(H2,14,17). The molecular weight excluding hydrogens is 258 g/mol. The fourth-order valence-electron chi connectivity index (χ4n) is 1.58. The van der Waals surface area contributed by atoms with Crippen molar-refractivity contribution in [2.24, 2.45) is 5.11 Å². The minimum Gasteiger partial charge on any atom is -0.375 e. The monoisotopic (exact) mass is 271 g/mol. The molecule has 96 valence electrons. The smallest absolute Gasteiger partial charge is 0.180 e. The SMILES string of the molecule is [N-]=[N+]=NCCC=Cc1ccc(-c2csc(N)n2)cc1. The van der Waals surface area contributed by atoms with Gasteiger partial charge >= 0.3 is 0 Å². The number of azide groups is 1. The van der Waals surface area contributed by atoms with Crippen LogP contribution in [0.15, 0.2) is 40.8 Å². The van der Waals surface area contributed by atoms with Crippen LogP contribution in [0.3, 0.4) is 0 Å². The van der Waals surface area contributed by atoms with Crippen molar-refractivity contribution in [2.75, 3.05) is 12.3 Å². The van der Waals surface area contributed by atoms with Gasteiger partial charge in [0, 0.05) is 22.4 Å². The number of rotatable bonds is 5. The molecule has 2 N–H and O–H groups in total. The minimum atomic E-state index is 0.489. The molecule has 6 heteroatoms. The Balaban J connectivity index is 2.00. The highest BCUT2D eigenvalue weighted by molar-refractivity contribution is 7.13. The summed E-state index contributed by atoms with van der Waals surface area (Å²) in [7, 11) is 0. The molecule has 0 atom stereocenters. The van der Waals surface area contributed by atoms with Gasteiger partial charge in [-0.1, -0.05) is 41.5 Å². The summed E-state index contributed by atoms with van der Waals surface area (Å²) in [6, 6.07) is 8.08. The summed E-state index contributed by atoms with van der Waals surface area (Å²) in [4.78, 5) is 6.94. The van der Waals surface area contributed by atoms with Gasteiger partial charge in [-0.2, -0.15) is 0 Å². The molecule has 1 heterocycles. The quantitative estimate of drug-likeness (QED) is 0.384. The molecule has 0 unspecified atom stereocenters. The van der Waals surface area contributed by atoms with Crippen LogP contribution in [-0.2, 0) is 0 Å². The summed E-state index contributed by atoms with van der Waals surface area (Å²) in [5.74, 6) is 0. The van der Waals surface area contributed by atoms with E-state index in [-0.39, 0.29) is 0 Å². The van der Waals surface area contributed by atoms with Crippen molar-refractivity contribution < 1.29 is 0 Å². The van der Waals surface area contributed by atoms with Crippen molar-refractivity contribution in [3.8, 4) is 11.3 Å². The molecule has 0 saturated heterocycles. The van der Waals surface area contributed by atoms with Gasteiger partial charge in [-0.15, -0.1) is 11.3 Å². The molecule has 0 aliphatic heterocycles. The number of anilines is 1. The maximum absolute atomic E-state index is 8.14. The van der Waals surface area contributed by atoms with Crippen LogP contribution < -0.4 is 5.73 Å². The highest BCUT2D eigenvalue weighted by Crippen LogP contribution is 2.23. The van der Waals surface area contributed by atoms with Crippen LogP contribution in [0.2, 0.25) is 0 Å². The number of hydrogen-bond donors (Lipinski definition) is 1. The fraction of sp³-hybridized carbons (Fsp3) is 0.154. The molecule has 0 aliphatic carbocycles. The van der Waals surface area contributed by atoms with E-state index in [1.54, 1.807) is 0 Å². The van der Waals surface area contributed by atoms with Gasteiger partial charge in [0.1, 0.15) is 0 Å². The second-order valence-corrected chi connectivity index (χ2v) is 4.73. The molecule has 1 aromatic heterocycles. The molecule has 0 amide bonds. The molecule has 0 fully saturated rings. The lowest BCUT2D eigenvalue weighted by Gasteiger charge is -1.98. The third-order valence-corrected chi connectivity index (χ3v) is 3.17. The summed E-state index contributed by atoms with van der Waals surface area (Å²) in [5, 5.41) is 5.99. The van der Waals surface area contributed by atoms with E-state index in [4.69, 9.17) is 11.3 Å². The number of thiazole rings is 1. The third kappa shape index (κ3) is 3.84. The van der Waals surface area contributed by atoms with E-state index in [2.05, 4.69) is 15.0 Å². The maximum atomic E-state index is 8.14. The predicted molar refractivity (Wildman–Crippen MR) is 79.6 cm³/mol. The van der Waals surface area contributed by atoms with E-state index in [9.17, 15) is 0 Å². The molecule has 2 aromatic rings. The molecule has 0 aliphatic rings. The van der Waals surface area contributed by atoms with Gasteiger partial charge in [0.25, 0.3) is 0 Å². The van der Waals surface area contributed by atoms with Crippen molar-refractivity contribution in [3.05, 3.63) is 51.7 Å². The van der Waals surface area contributed by atoms with Crippen LogP contribution in [-0.4, -0.2) is 11.5 Å². The number of hydrogen-bond acceptors (Lipinski definition) is 4. The lowest BCUT2D eigenvalue weighted by Crippen LogP contribution is -1.83. The second kappa shape index (κ2) is 6.58. The van der Waals surface area contributed by atoms with Crippen LogP contribution in [0.4, 0.5) is 5.13 Å². The average Bonchev–Trinajstić information content (AvgIpc) is 2.86. The largest absolute Gasteiger partial charge is 0.375 e. The summed E-state index contributed by atoms with van der Waals surface area (Å²) < 4.78 is 0. The lowest BCUT2D eigenvalue weighted by atomic mass is 10.1. The number of nitrogen functional groups attached to an aromatic ring is 1. The summed E-state index contributed by atoms with van der Waals surface area (Å²) in [6.45, 7) is 0.489. The van der Waals surface area contributed by atoms with Crippen molar-refractivity contribution in [2.45, 2.75) is 6.42 Å². The van der Waals surface area contributed by atoms with E-state index < -0.39 is 0 Å². The average molecular weight is 271 g/mol. The van der Waals surface area contributed by atoms with Gasteiger partial charge in [-0.25, -0.2) is 4.98 Å². The van der Waals surface area contributed by atoms with E-state index >= 15 is 0 Å². The Morgan fingerprint density at radius 1 is 1.37 bits per heavy atom. The van der Waals surface area contributed by atoms with Gasteiger partial charge in [-0.05, 0) is 17.5 Å². The van der Waals surface area contributed by atoms with Crippen LogP contribution >= 0.6 is 11.3 Å². The Bertz CT molecular complexity index is 608. The van der Waals surface area contributed by atoms with Crippen molar-refractivity contribution in [1.82, 2.24) is 4.98 Å². The first kappa shape index (κ1) is 13.1. The topological polar surface area (TPSA) is 87.7 Å². The highest BCUT2D eigenvalue weighted by atomic mass is 32.1. The maximum Gasteiger partial charge on any atom is 0.180 e. The zero-order valence-electron chi connectivity index (χ0n) is 10.2. The first-order valence-electron chi connectivity index (χ1n) is 5.78. The van der Waals surface area contributed by atoms with E-state index in [1.807, 2.05) is 41.8 Å². The molecule has 5 nitrogen and oxygen atoms in total. The van der Waals surface area contributed by atoms with Gasteiger partial charge < -0.3 is 5.73 Å². The molecular formula is C13H13N5S. The highest BCUT2D eigenvalue weighted by Gasteiger charge is 2.01. The summed E-state index contributed by atoms with van der Waals surface area (Å²) >= 11 is 1.44. The minimum absolute atomic E-state index is 0.489. The number of benzene rings is 1. The van der Waals surface area contributed by atoms with Crippen LogP contribution in [0.5, 0.6) is 0 Å². The first-order valence-corrected chi connectivity index (χ1v) is 6.66. The number of nitrogens with two attached hydrogens (primary N) is 1. The van der Waals surface area contributed by atoms with E-state index in [0.717, 1.165) is 23.2 Å². The zero-order chi connectivity index (χ0) is 13.5. The van der Waals surface area contributed by atoms with Crippen LogP contribution in [0, 0.1) is 0 Å². The predicted octanol–water partition coefficient (Wildman–Crippen LogP) is 4.11. The second-order valence-electron chi connectivity index (χ2n) is 3.84. The first-order chi connectivity index (χ1) is 9.29. The molecule has 2 rings (SSSR count). The molecule has 1 aromatic carbocycles. The van der Waals surface area contributed by atoms with Crippen molar-refractivity contribution in [1.29, 1.82) is 0 Å². The van der Waals surface area contributed by atoms with E-state index in [0.29, 0.717) is 11.7 Å². The molecule has 19 heavy (non-hydrogen) atoms. The van der Waals surface area contributed by atoms with Crippen molar-refractivity contribution in [3.63, 3.8) is 0 Å². The molecule has 0 radical (unpaired) electrons. The Kier molecular flexibility index (Phi) is 4.55. The van der Waals surface area contributed by atoms with Gasteiger partial charge in [0.2, 0.25) is 0 Å².